The number of aromatic nitrogens is 1. The van der Waals surface area contributed by atoms with Crippen LogP contribution in [0.5, 0.6) is 11.5 Å². The molecule has 0 amide bonds. The Morgan fingerprint density at radius 1 is 0.882 bits per heavy atom. The number of halogens is 6. The summed E-state index contributed by atoms with van der Waals surface area (Å²) in [6.07, 6.45) is -3.54. The third-order valence-corrected chi connectivity index (χ3v) is 9.34. The summed E-state index contributed by atoms with van der Waals surface area (Å²) >= 11 is 19.1. The first-order valence-corrected chi connectivity index (χ1v) is 17.3. The molecule has 7 nitrogen and oxygen atoms in total. The second kappa shape index (κ2) is 15.4. The number of carbonyl (C=O) groups is 1. The second-order valence-electron chi connectivity index (χ2n) is 11.2. The van der Waals surface area contributed by atoms with Crippen LogP contribution in [0.2, 0.25) is 15.1 Å². The molecular weight excluding hydrogens is 748 g/mol. The van der Waals surface area contributed by atoms with Gasteiger partial charge >= 0.3 is 12.1 Å². The maximum absolute atomic E-state index is 14.5. The molecule has 1 aliphatic rings. The first-order chi connectivity index (χ1) is 24.4. The van der Waals surface area contributed by atoms with Crippen molar-refractivity contribution in [2.45, 2.75) is 32.4 Å². The molecule has 0 saturated heterocycles. The topological polar surface area (TPSA) is 79.1 Å². The van der Waals surface area contributed by atoms with Gasteiger partial charge in [-0.3, -0.25) is 9.36 Å². The number of esters is 1. The quantitative estimate of drug-likeness (QED) is 0.133. The number of benzene rings is 4. The molecule has 0 fully saturated rings. The first-order valence-electron chi connectivity index (χ1n) is 15.4. The Hall–Kier alpha value is -4.55. The van der Waals surface area contributed by atoms with Crippen molar-refractivity contribution >= 4 is 58.2 Å². The molecule has 1 aliphatic heterocycles. The van der Waals surface area contributed by atoms with Crippen LogP contribution in [-0.2, 0) is 22.7 Å². The van der Waals surface area contributed by atoms with Crippen LogP contribution in [0.25, 0.3) is 6.08 Å². The average Bonchev–Trinajstić information content (AvgIpc) is 3.40. The van der Waals surface area contributed by atoms with Crippen molar-refractivity contribution in [1.29, 1.82) is 0 Å². The van der Waals surface area contributed by atoms with Crippen molar-refractivity contribution in [2.75, 3.05) is 6.61 Å². The molecule has 2 heterocycles. The number of hydrogen-bond donors (Lipinski definition) is 0. The molecule has 0 spiro atoms. The van der Waals surface area contributed by atoms with Crippen molar-refractivity contribution in [3.63, 3.8) is 0 Å². The Morgan fingerprint density at radius 3 is 2.14 bits per heavy atom. The zero-order chi connectivity index (χ0) is 36.3. The zero-order valence-electron chi connectivity index (χ0n) is 26.5. The monoisotopic (exact) mass is 772 g/mol. The fourth-order valence-electron chi connectivity index (χ4n) is 5.37. The van der Waals surface area contributed by atoms with Crippen molar-refractivity contribution in [2.24, 2.45) is 4.99 Å². The molecule has 5 aromatic rings. The first kappa shape index (κ1) is 36.2. The fraction of sp³-hybridized carbons (Fsp3) is 0.162. The van der Waals surface area contributed by atoms with E-state index in [0.29, 0.717) is 32.1 Å². The normalized spacial score (nSPS) is 14.6. The van der Waals surface area contributed by atoms with Crippen molar-refractivity contribution in [3.8, 4) is 11.5 Å². The van der Waals surface area contributed by atoms with Gasteiger partial charge < -0.3 is 14.2 Å². The van der Waals surface area contributed by atoms with E-state index in [1.807, 2.05) is 18.2 Å². The van der Waals surface area contributed by atoms with Gasteiger partial charge in [0.1, 0.15) is 24.7 Å². The number of carbonyl (C=O) groups excluding carboxylic acids is 1. The zero-order valence-corrected chi connectivity index (χ0v) is 29.6. The molecule has 0 unspecified atom stereocenters. The largest absolute Gasteiger partial charge is 0.489 e. The molecule has 0 saturated carbocycles. The van der Waals surface area contributed by atoms with E-state index in [2.05, 4.69) is 4.99 Å². The summed E-state index contributed by atoms with van der Waals surface area (Å²) in [5.41, 5.74) is -0.682. The number of fused-ring (bicyclic) bond motifs is 1. The molecule has 6 rings (SSSR count). The lowest BCUT2D eigenvalue weighted by atomic mass is 9.95. The maximum Gasteiger partial charge on any atom is 0.434 e. The van der Waals surface area contributed by atoms with Crippen LogP contribution in [0.4, 0.5) is 13.2 Å². The van der Waals surface area contributed by atoms with E-state index < -0.39 is 35.0 Å². The number of allylic oxidation sites excluding steroid dienone is 1. The van der Waals surface area contributed by atoms with Crippen LogP contribution in [-0.4, -0.2) is 23.3 Å². The minimum atomic E-state index is -5.04. The van der Waals surface area contributed by atoms with Crippen LogP contribution in [0.1, 0.15) is 35.2 Å². The Bertz CT molecular complexity index is 2320. The predicted octanol–water partition coefficient (Wildman–Crippen LogP) is 8.46. The number of alkyl halides is 3. The highest BCUT2D eigenvalue weighted by Gasteiger charge is 2.45. The lowest BCUT2D eigenvalue weighted by molar-refractivity contribution is -0.140. The third-order valence-electron chi connectivity index (χ3n) is 7.63. The van der Waals surface area contributed by atoms with Crippen LogP contribution in [0.3, 0.4) is 0 Å². The fourth-order valence-corrected chi connectivity index (χ4v) is 6.92. The van der Waals surface area contributed by atoms with E-state index >= 15 is 0 Å². The minimum absolute atomic E-state index is 0.0412. The van der Waals surface area contributed by atoms with Gasteiger partial charge in [-0.25, -0.2) is 9.79 Å². The molecule has 0 aliphatic carbocycles. The molecular formula is C37H26Cl3F3N2O5S. The van der Waals surface area contributed by atoms with Crippen LogP contribution in [0, 0.1) is 0 Å². The van der Waals surface area contributed by atoms with E-state index in [4.69, 9.17) is 49.0 Å². The van der Waals surface area contributed by atoms with Gasteiger partial charge in [0.2, 0.25) is 0 Å². The van der Waals surface area contributed by atoms with Crippen LogP contribution >= 0.6 is 46.1 Å². The summed E-state index contributed by atoms with van der Waals surface area (Å²) < 4.78 is 61.9. The van der Waals surface area contributed by atoms with E-state index in [9.17, 15) is 22.8 Å². The Kier molecular flexibility index (Phi) is 10.9. The van der Waals surface area contributed by atoms with Crippen molar-refractivity contribution < 1.29 is 32.2 Å². The van der Waals surface area contributed by atoms with Gasteiger partial charge in [0.05, 0.1) is 22.8 Å². The summed E-state index contributed by atoms with van der Waals surface area (Å²) in [6, 6.07) is 23.6. The number of ether oxygens (including phenoxy) is 3. The molecule has 1 atom stereocenters. The molecule has 262 valence electrons. The molecule has 4 aromatic carbocycles. The predicted molar refractivity (Wildman–Crippen MR) is 190 cm³/mol. The molecule has 0 radical (unpaired) electrons. The summed E-state index contributed by atoms with van der Waals surface area (Å²) in [4.78, 5) is 30.8. The molecule has 51 heavy (non-hydrogen) atoms. The van der Waals surface area contributed by atoms with Crippen LogP contribution < -0.4 is 24.4 Å². The Morgan fingerprint density at radius 2 is 1.53 bits per heavy atom. The van der Waals surface area contributed by atoms with E-state index in [0.717, 1.165) is 27.0 Å². The highest BCUT2D eigenvalue weighted by molar-refractivity contribution is 7.07. The average molecular weight is 774 g/mol. The third kappa shape index (κ3) is 8.34. The SMILES string of the molecule is CCOC(=O)C1=C(C(F)(F)F)N=c2s/c(=C/c3ccc(OCc4cccc(Cl)c4)cc3OCc3cccc(Cl)c3)c(=O)n2[C@H]1c1ccc(Cl)cc1. The second-order valence-corrected chi connectivity index (χ2v) is 13.5. The standard InChI is InChI=1S/C37H26Cl3F3N2O5S/c1-2-48-35(47)31-32(23-9-12-25(38)13-10-23)45-34(46)30(51-36(45)44-33(31)37(41,42)43)17-24-11-14-28(49-19-21-5-3-7-26(39)15-21)18-29(24)50-20-22-6-4-8-27(40)16-22/h3-18,32H,2,19-20H2,1H3/b30-17+/t32-/m0/s1. The van der Waals surface area contributed by atoms with Gasteiger partial charge in [-0.05, 0) is 78.2 Å². The summed E-state index contributed by atoms with van der Waals surface area (Å²) in [7, 11) is 0. The summed E-state index contributed by atoms with van der Waals surface area (Å²) in [6.45, 7) is 1.59. The summed E-state index contributed by atoms with van der Waals surface area (Å²) in [5, 5.41) is 1.40. The van der Waals surface area contributed by atoms with Crippen LogP contribution in [0.15, 0.2) is 112 Å². The number of rotatable bonds is 10. The van der Waals surface area contributed by atoms with Gasteiger partial charge in [-0.15, -0.1) is 0 Å². The Balaban J connectivity index is 1.47. The summed E-state index contributed by atoms with van der Waals surface area (Å²) in [5.74, 6) is -0.471. The maximum atomic E-state index is 14.5. The van der Waals surface area contributed by atoms with E-state index in [-0.39, 0.29) is 34.7 Å². The highest BCUT2D eigenvalue weighted by atomic mass is 35.5. The minimum Gasteiger partial charge on any atom is -0.489 e. The van der Waals surface area contributed by atoms with Crippen molar-refractivity contribution in [3.05, 3.63) is 159 Å². The number of thiazole rings is 1. The van der Waals surface area contributed by atoms with Gasteiger partial charge in [0.15, 0.2) is 10.5 Å². The molecule has 14 heteroatoms. The molecule has 0 N–H and O–H groups in total. The van der Waals surface area contributed by atoms with Gasteiger partial charge in [0, 0.05) is 26.7 Å². The lowest BCUT2D eigenvalue weighted by Crippen LogP contribution is -2.41. The van der Waals surface area contributed by atoms with E-state index in [1.54, 1.807) is 48.5 Å². The molecule has 0 bridgehead atoms. The smallest absolute Gasteiger partial charge is 0.434 e. The molecule has 1 aromatic heterocycles. The number of hydrogen-bond acceptors (Lipinski definition) is 7. The van der Waals surface area contributed by atoms with E-state index in [1.165, 1.54) is 37.3 Å². The van der Waals surface area contributed by atoms with Crippen molar-refractivity contribution in [1.82, 2.24) is 4.57 Å². The van der Waals surface area contributed by atoms with Gasteiger partial charge in [0.25, 0.3) is 5.56 Å². The van der Waals surface area contributed by atoms with Gasteiger partial charge in [-0.1, -0.05) is 82.5 Å². The highest BCUT2D eigenvalue weighted by Crippen LogP contribution is 2.38. The lowest BCUT2D eigenvalue weighted by Gasteiger charge is -2.26. The van der Waals surface area contributed by atoms with Gasteiger partial charge in [-0.2, -0.15) is 13.2 Å². The Labute approximate surface area is 308 Å². The number of nitrogens with zero attached hydrogens (tertiary/aromatic N) is 2.